The summed E-state index contributed by atoms with van der Waals surface area (Å²) >= 11 is 0. The maximum absolute atomic E-state index is 11.9. The minimum Gasteiger partial charge on any atom is -0.356 e. The van der Waals surface area contributed by atoms with Crippen molar-refractivity contribution in [2.45, 2.75) is 19.3 Å². The van der Waals surface area contributed by atoms with Gasteiger partial charge in [0, 0.05) is 6.54 Å². The summed E-state index contributed by atoms with van der Waals surface area (Å²) in [4.78, 5) is 11.9. The first-order valence-corrected chi connectivity index (χ1v) is 7.61. The van der Waals surface area contributed by atoms with E-state index < -0.39 is 0 Å². The molecule has 1 fully saturated rings. The van der Waals surface area contributed by atoms with Crippen LogP contribution < -0.4 is 10.6 Å². The van der Waals surface area contributed by atoms with Crippen LogP contribution in [0.3, 0.4) is 0 Å². The van der Waals surface area contributed by atoms with Crippen LogP contribution in [0.25, 0.3) is 5.69 Å². The number of carbonyl (C=O) groups is 1. The molecule has 8 heteroatoms. The second-order valence-corrected chi connectivity index (χ2v) is 5.60. The summed E-state index contributed by atoms with van der Waals surface area (Å²) in [6.45, 7) is 2.94. The third kappa shape index (κ3) is 5.01. The van der Waals surface area contributed by atoms with Gasteiger partial charge in [-0.25, -0.2) is 4.68 Å². The molecule has 1 amide bonds. The number of hydrogen-bond acceptors (Lipinski definition) is 5. The molecule has 0 aliphatic carbocycles. The van der Waals surface area contributed by atoms with E-state index in [1.807, 2.05) is 24.3 Å². The van der Waals surface area contributed by atoms with Gasteiger partial charge in [0.2, 0.25) is 5.91 Å². The standard InChI is InChI=1S/C15H20N6O.ClH/c22-15(17-8-6-13-5-7-16-10-13)9-12-1-3-14(4-2-12)21-11-18-19-20-21;/h1-4,11,13,16H,5-10H2,(H,17,22);1H. The van der Waals surface area contributed by atoms with Crippen LogP contribution in [0.2, 0.25) is 0 Å². The summed E-state index contributed by atoms with van der Waals surface area (Å²) in [5, 5.41) is 17.4. The Morgan fingerprint density at radius 1 is 1.35 bits per heavy atom. The summed E-state index contributed by atoms with van der Waals surface area (Å²) in [6.07, 6.45) is 4.21. The van der Waals surface area contributed by atoms with E-state index in [4.69, 9.17) is 0 Å². The molecule has 2 N–H and O–H groups in total. The van der Waals surface area contributed by atoms with Crippen molar-refractivity contribution in [3.8, 4) is 5.69 Å². The number of carbonyl (C=O) groups excluding carboxylic acids is 1. The molecular formula is C15H21ClN6O. The highest BCUT2D eigenvalue weighted by Crippen LogP contribution is 2.11. The largest absolute Gasteiger partial charge is 0.356 e. The molecule has 0 spiro atoms. The fourth-order valence-corrected chi connectivity index (χ4v) is 2.67. The number of nitrogens with one attached hydrogen (secondary N) is 2. The van der Waals surface area contributed by atoms with Gasteiger partial charge >= 0.3 is 0 Å². The molecule has 3 rings (SSSR count). The Labute approximate surface area is 141 Å². The summed E-state index contributed by atoms with van der Waals surface area (Å²) < 4.78 is 1.58. The van der Waals surface area contributed by atoms with Crippen LogP contribution in [-0.2, 0) is 11.2 Å². The molecule has 23 heavy (non-hydrogen) atoms. The van der Waals surface area contributed by atoms with Crippen molar-refractivity contribution in [2.24, 2.45) is 5.92 Å². The zero-order valence-electron chi connectivity index (χ0n) is 12.8. The van der Waals surface area contributed by atoms with E-state index in [1.54, 1.807) is 11.0 Å². The highest BCUT2D eigenvalue weighted by atomic mass is 35.5. The summed E-state index contributed by atoms with van der Waals surface area (Å²) in [6, 6.07) is 7.67. The number of tetrazole rings is 1. The summed E-state index contributed by atoms with van der Waals surface area (Å²) in [7, 11) is 0. The quantitative estimate of drug-likeness (QED) is 0.813. The molecule has 0 radical (unpaired) electrons. The van der Waals surface area contributed by atoms with E-state index in [2.05, 4.69) is 26.2 Å². The fourth-order valence-electron chi connectivity index (χ4n) is 2.67. The van der Waals surface area contributed by atoms with Crippen molar-refractivity contribution in [2.75, 3.05) is 19.6 Å². The van der Waals surface area contributed by atoms with Crippen LogP contribution in [0.5, 0.6) is 0 Å². The maximum Gasteiger partial charge on any atom is 0.224 e. The SMILES string of the molecule is Cl.O=C(Cc1ccc(-n2cnnn2)cc1)NCCC1CCNC1. The Hall–Kier alpha value is -1.99. The predicted octanol–water partition coefficient (Wildman–Crippen LogP) is 0.742. The lowest BCUT2D eigenvalue weighted by Crippen LogP contribution is -2.27. The van der Waals surface area contributed by atoms with Gasteiger partial charge in [-0.3, -0.25) is 4.79 Å². The fraction of sp³-hybridized carbons (Fsp3) is 0.467. The van der Waals surface area contributed by atoms with Gasteiger partial charge in [-0.1, -0.05) is 12.1 Å². The van der Waals surface area contributed by atoms with Gasteiger partial charge in [-0.15, -0.1) is 17.5 Å². The van der Waals surface area contributed by atoms with Gasteiger partial charge in [0.25, 0.3) is 0 Å². The molecule has 1 atom stereocenters. The second-order valence-electron chi connectivity index (χ2n) is 5.60. The highest BCUT2D eigenvalue weighted by Gasteiger charge is 2.14. The topological polar surface area (TPSA) is 84.7 Å². The van der Waals surface area contributed by atoms with Crippen molar-refractivity contribution in [1.82, 2.24) is 30.8 Å². The summed E-state index contributed by atoms with van der Waals surface area (Å²) in [5.41, 5.74) is 1.86. The highest BCUT2D eigenvalue weighted by molar-refractivity contribution is 5.85. The van der Waals surface area contributed by atoms with E-state index in [0.717, 1.165) is 37.3 Å². The Morgan fingerprint density at radius 3 is 2.83 bits per heavy atom. The molecule has 1 unspecified atom stereocenters. The first kappa shape index (κ1) is 17.4. The second kappa shape index (κ2) is 8.59. The number of hydrogen-bond donors (Lipinski definition) is 2. The van der Waals surface area contributed by atoms with Crippen LogP contribution in [0, 0.1) is 5.92 Å². The van der Waals surface area contributed by atoms with Crippen LogP contribution in [-0.4, -0.2) is 45.7 Å². The summed E-state index contributed by atoms with van der Waals surface area (Å²) in [5.74, 6) is 0.775. The molecule has 2 aromatic rings. The van der Waals surface area contributed by atoms with E-state index in [-0.39, 0.29) is 18.3 Å². The minimum atomic E-state index is 0. The van der Waals surface area contributed by atoms with Gasteiger partial charge < -0.3 is 10.6 Å². The smallest absolute Gasteiger partial charge is 0.224 e. The van der Waals surface area contributed by atoms with E-state index in [1.165, 1.54) is 6.42 Å². The van der Waals surface area contributed by atoms with Crippen LogP contribution in [0.15, 0.2) is 30.6 Å². The van der Waals surface area contributed by atoms with Gasteiger partial charge in [0.1, 0.15) is 6.33 Å². The molecule has 1 aliphatic rings. The number of aromatic nitrogens is 4. The zero-order chi connectivity index (χ0) is 15.2. The van der Waals surface area contributed by atoms with Crippen molar-refractivity contribution in [3.63, 3.8) is 0 Å². The predicted molar refractivity (Wildman–Crippen MR) is 88.7 cm³/mol. The Bertz CT molecular complexity index is 595. The van der Waals surface area contributed by atoms with Crippen LogP contribution in [0.4, 0.5) is 0 Å². The molecule has 0 saturated carbocycles. The normalized spacial score (nSPS) is 16.8. The zero-order valence-corrected chi connectivity index (χ0v) is 13.6. The monoisotopic (exact) mass is 336 g/mol. The number of halogens is 1. The first-order valence-electron chi connectivity index (χ1n) is 7.61. The molecule has 1 aromatic heterocycles. The lowest BCUT2D eigenvalue weighted by Gasteiger charge is -2.09. The lowest BCUT2D eigenvalue weighted by molar-refractivity contribution is -0.120. The van der Waals surface area contributed by atoms with Gasteiger partial charge in [0.05, 0.1) is 12.1 Å². The van der Waals surface area contributed by atoms with Gasteiger partial charge in [-0.2, -0.15) is 0 Å². The minimum absolute atomic E-state index is 0. The van der Waals surface area contributed by atoms with Gasteiger partial charge in [0.15, 0.2) is 0 Å². The molecule has 0 bridgehead atoms. The third-order valence-electron chi connectivity index (χ3n) is 3.95. The van der Waals surface area contributed by atoms with E-state index in [9.17, 15) is 4.79 Å². The average Bonchev–Trinajstić information content (AvgIpc) is 3.21. The number of nitrogens with zero attached hydrogens (tertiary/aromatic N) is 4. The number of rotatable bonds is 6. The van der Waals surface area contributed by atoms with Crippen molar-refractivity contribution < 1.29 is 4.79 Å². The van der Waals surface area contributed by atoms with Crippen LogP contribution in [0.1, 0.15) is 18.4 Å². The first-order chi connectivity index (χ1) is 10.8. The van der Waals surface area contributed by atoms with Crippen molar-refractivity contribution in [1.29, 1.82) is 0 Å². The van der Waals surface area contributed by atoms with Crippen molar-refractivity contribution >= 4 is 18.3 Å². The average molecular weight is 337 g/mol. The van der Waals surface area contributed by atoms with E-state index in [0.29, 0.717) is 12.3 Å². The number of amides is 1. The lowest BCUT2D eigenvalue weighted by atomic mass is 10.1. The maximum atomic E-state index is 11.9. The Kier molecular flexibility index (Phi) is 6.49. The molecule has 7 nitrogen and oxygen atoms in total. The molecule has 1 saturated heterocycles. The van der Waals surface area contributed by atoms with Gasteiger partial charge in [-0.05, 0) is 60.0 Å². The Morgan fingerprint density at radius 2 is 2.17 bits per heavy atom. The third-order valence-corrected chi connectivity index (χ3v) is 3.95. The Balaban J connectivity index is 0.00000192. The molecule has 2 heterocycles. The molecule has 1 aromatic carbocycles. The van der Waals surface area contributed by atoms with E-state index >= 15 is 0 Å². The van der Waals surface area contributed by atoms with Crippen molar-refractivity contribution in [3.05, 3.63) is 36.2 Å². The van der Waals surface area contributed by atoms with Crippen LogP contribution >= 0.6 is 12.4 Å². The molecule has 1 aliphatic heterocycles. The molecular weight excluding hydrogens is 316 g/mol. The number of benzene rings is 1. The molecule has 124 valence electrons.